The molecule has 0 heterocycles. The molecule has 17 heavy (non-hydrogen) atoms. The lowest BCUT2D eigenvalue weighted by atomic mass is 9.84. The van der Waals surface area contributed by atoms with E-state index in [2.05, 4.69) is 26.1 Å². The van der Waals surface area contributed by atoms with Crippen molar-refractivity contribution in [2.24, 2.45) is 17.1 Å². The van der Waals surface area contributed by atoms with Crippen LogP contribution in [0.2, 0.25) is 0 Å². The van der Waals surface area contributed by atoms with Crippen molar-refractivity contribution in [3.8, 4) is 0 Å². The summed E-state index contributed by atoms with van der Waals surface area (Å²) in [5, 5.41) is 12.0. The zero-order valence-electron chi connectivity index (χ0n) is 11.6. The quantitative estimate of drug-likeness (QED) is 0.590. The zero-order chi connectivity index (χ0) is 13.5. The minimum atomic E-state index is -0.299. The highest BCUT2D eigenvalue weighted by Crippen LogP contribution is 2.23. The van der Waals surface area contributed by atoms with Crippen molar-refractivity contribution >= 4 is 5.91 Å². The van der Waals surface area contributed by atoms with Crippen molar-refractivity contribution in [2.45, 2.75) is 53.1 Å². The number of hydrogen-bond acceptors (Lipinski definition) is 3. The van der Waals surface area contributed by atoms with Gasteiger partial charge in [-0.05, 0) is 31.6 Å². The van der Waals surface area contributed by atoms with Crippen LogP contribution in [0, 0.1) is 11.3 Å². The molecule has 0 aromatic rings. The maximum absolute atomic E-state index is 11.8. The average Bonchev–Trinajstić information content (AvgIpc) is 2.19. The molecular weight excluding hydrogens is 216 g/mol. The maximum atomic E-state index is 11.8. The first-order valence-electron chi connectivity index (χ1n) is 6.42. The van der Waals surface area contributed by atoms with Crippen LogP contribution >= 0.6 is 0 Å². The van der Waals surface area contributed by atoms with Crippen molar-refractivity contribution < 1.29 is 9.90 Å². The van der Waals surface area contributed by atoms with Crippen molar-refractivity contribution in [1.29, 1.82) is 0 Å². The third-order valence-corrected chi connectivity index (χ3v) is 2.61. The summed E-state index contributed by atoms with van der Waals surface area (Å²) in [6, 6.07) is 0. The van der Waals surface area contributed by atoms with Crippen molar-refractivity contribution in [1.82, 2.24) is 5.32 Å². The minimum Gasteiger partial charge on any atom is -0.393 e. The van der Waals surface area contributed by atoms with E-state index >= 15 is 0 Å². The van der Waals surface area contributed by atoms with Crippen molar-refractivity contribution in [3.05, 3.63) is 0 Å². The van der Waals surface area contributed by atoms with E-state index in [1.165, 1.54) is 0 Å². The Morgan fingerprint density at radius 1 is 1.41 bits per heavy atom. The molecule has 0 rings (SSSR count). The summed E-state index contributed by atoms with van der Waals surface area (Å²) in [5.41, 5.74) is 5.74. The van der Waals surface area contributed by atoms with Crippen LogP contribution in [0.1, 0.15) is 47.0 Å². The monoisotopic (exact) mass is 244 g/mol. The first-order valence-corrected chi connectivity index (χ1v) is 6.42. The SMILES string of the molecule is CC(O)CCCNC(=O)C(CN)CC(C)(C)C. The lowest BCUT2D eigenvalue weighted by Gasteiger charge is -2.24. The smallest absolute Gasteiger partial charge is 0.224 e. The molecule has 102 valence electrons. The lowest BCUT2D eigenvalue weighted by Crippen LogP contribution is -2.37. The lowest BCUT2D eigenvalue weighted by molar-refractivity contribution is -0.125. The van der Waals surface area contributed by atoms with E-state index in [4.69, 9.17) is 10.8 Å². The Morgan fingerprint density at radius 3 is 2.41 bits per heavy atom. The van der Waals surface area contributed by atoms with Crippen LogP contribution in [0.25, 0.3) is 0 Å². The van der Waals surface area contributed by atoms with Gasteiger partial charge < -0.3 is 16.2 Å². The molecule has 2 unspecified atom stereocenters. The Hall–Kier alpha value is -0.610. The first kappa shape index (κ1) is 16.4. The number of amides is 1. The number of aliphatic hydroxyl groups is 1. The molecule has 4 nitrogen and oxygen atoms in total. The number of rotatable bonds is 7. The summed E-state index contributed by atoms with van der Waals surface area (Å²) >= 11 is 0. The third kappa shape index (κ3) is 9.12. The molecule has 0 aromatic heterocycles. The number of carbonyl (C=O) groups excluding carboxylic acids is 1. The van der Waals surface area contributed by atoms with Crippen molar-refractivity contribution in [3.63, 3.8) is 0 Å². The summed E-state index contributed by atoms with van der Waals surface area (Å²) in [6.45, 7) is 9.08. The minimum absolute atomic E-state index is 0.0352. The van der Waals surface area contributed by atoms with Crippen LogP contribution in [0.4, 0.5) is 0 Å². The maximum Gasteiger partial charge on any atom is 0.224 e. The van der Waals surface area contributed by atoms with Gasteiger partial charge in [0, 0.05) is 13.1 Å². The summed E-state index contributed by atoms with van der Waals surface area (Å²) in [4.78, 5) is 11.8. The molecule has 4 N–H and O–H groups in total. The largest absolute Gasteiger partial charge is 0.393 e. The normalized spacial score (nSPS) is 15.4. The molecule has 0 saturated heterocycles. The summed E-state index contributed by atoms with van der Waals surface area (Å²) in [6.07, 6.45) is 2.02. The van der Waals surface area contributed by atoms with Gasteiger partial charge in [-0.2, -0.15) is 0 Å². The van der Waals surface area contributed by atoms with Crippen LogP contribution in [-0.4, -0.2) is 30.2 Å². The second-order valence-corrected chi connectivity index (χ2v) is 5.98. The van der Waals surface area contributed by atoms with Crippen LogP contribution in [-0.2, 0) is 4.79 Å². The van der Waals surface area contributed by atoms with E-state index in [9.17, 15) is 4.79 Å². The molecule has 2 atom stereocenters. The van der Waals surface area contributed by atoms with E-state index in [1.807, 2.05) is 0 Å². The summed E-state index contributed by atoms with van der Waals surface area (Å²) in [5.74, 6) is -0.0745. The molecule has 0 aliphatic rings. The molecule has 0 aliphatic carbocycles. The zero-order valence-corrected chi connectivity index (χ0v) is 11.6. The van der Waals surface area contributed by atoms with Crippen LogP contribution in [0.15, 0.2) is 0 Å². The standard InChI is InChI=1S/C13H28N2O2/c1-10(16)6-5-7-15-12(17)11(9-14)8-13(2,3)4/h10-11,16H,5-9,14H2,1-4H3,(H,15,17). The molecule has 0 spiro atoms. The number of nitrogens with one attached hydrogen (secondary N) is 1. The molecule has 4 heteroatoms. The fourth-order valence-electron chi connectivity index (χ4n) is 1.78. The molecule has 0 bridgehead atoms. The van der Waals surface area contributed by atoms with Gasteiger partial charge >= 0.3 is 0 Å². The van der Waals surface area contributed by atoms with Gasteiger partial charge in [-0.3, -0.25) is 4.79 Å². The van der Waals surface area contributed by atoms with Gasteiger partial charge in [0.1, 0.15) is 0 Å². The first-order chi connectivity index (χ1) is 7.76. The molecular formula is C13H28N2O2. The number of carbonyl (C=O) groups is 1. The Balaban J connectivity index is 3.93. The number of nitrogens with two attached hydrogens (primary N) is 1. The van der Waals surface area contributed by atoms with E-state index in [0.29, 0.717) is 19.5 Å². The molecule has 0 aromatic carbocycles. The topological polar surface area (TPSA) is 75.3 Å². The van der Waals surface area contributed by atoms with E-state index in [-0.39, 0.29) is 23.3 Å². The molecule has 0 aliphatic heterocycles. The predicted molar refractivity (Wildman–Crippen MR) is 70.5 cm³/mol. The van der Waals surface area contributed by atoms with Crippen LogP contribution < -0.4 is 11.1 Å². The molecule has 0 saturated carbocycles. The highest BCUT2D eigenvalue weighted by molar-refractivity contribution is 5.78. The fourth-order valence-corrected chi connectivity index (χ4v) is 1.78. The van der Waals surface area contributed by atoms with Crippen LogP contribution in [0.5, 0.6) is 0 Å². The van der Waals surface area contributed by atoms with Crippen molar-refractivity contribution in [2.75, 3.05) is 13.1 Å². The third-order valence-electron chi connectivity index (χ3n) is 2.61. The molecule has 1 amide bonds. The highest BCUT2D eigenvalue weighted by Gasteiger charge is 2.23. The van der Waals surface area contributed by atoms with E-state index in [0.717, 1.165) is 12.8 Å². The Kier molecular flexibility index (Phi) is 7.39. The number of hydrogen-bond donors (Lipinski definition) is 3. The van der Waals surface area contributed by atoms with Gasteiger partial charge in [0.25, 0.3) is 0 Å². The Labute approximate surface area is 105 Å². The van der Waals surface area contributed by atoms with E-state index < -0.39 is 0 Å². The summed E-state index contributed by atoms with van der Waals surface area (Å²) < 4.78 is 0. The van der Waals surface area contributed by atoms with Gasteiger partial charge in [-0.25, -0.2) is 0 Å². The fraction of sp³-hybridized carbons (Fsp3) is 0.923. The van der Waals surface area contributed by atoms with Gasteiger partial charge in [0.15, 0.2) is 0 Å². The predicted octanol–water partition coefficient (Wildman–Crippen LogP) is 1.27. The van der Waals surface area contributed by atoms with Gasteiger partial charge in [-0.1, -0.05) is 20.8 Å². The van der Waals surface area contributed by atoms with Crippen LogP contribution in [0.3, 0.4) is 0 Å². The summed E-state index contributed by atoms with van der Waals surface area (Å²) in [7, 11) is 0. The number of aliphatic hydroxyl groups excluding tert-OH is 1. The second kappa shape index (κ2) is 7.67. The highest BCUT2D eigenvalue weighted by atomic mass is 16.3. The van der Waals surface area contributed by atoms with Gasteiger partial charge in [-0.15, -0.1) is 0 Å². The average molecular weight is 244 g/mol. The Bertz CT molecular complexity index is 222. The van der Waals surface area contributed by atoms with E-state index in [1.54, 1.807) is 6.92 Å². The Morgan fingerprint density at radius 2 is 2.00 bits per heavy atom. The molecule has 0 radical (unpaired) electrons. The molecule has 0 fully saturated rings. The van der Waals surface area contributed by atoms with Gasteiger partial charge in [0.2, 0.25) is 5.91 Å². The van der Waals surface area contributed by atoms with Gasteiger partial charge in [0.05, 0.1) is 12.0 Å². The second-order valence-electron chi connectivity index (χ2n) is 5.98.